The molecule has 0 fully saturated rings. The molecule has 1 unspecified atom stereocenters. The number of hydrogen-bond acceptors (Lipinski definition) is 6. The summed E-state index contributed by atoms with van der Waals surface area (Å²) in [6.45, 7) is 2.38. The Kier molecular flexibility index (Phi) is 10.2. The van der Waals surface area contributed by atoms with Crippen LogP contribution < -0.4 is 0 Å². The summed E-state index contributed by atoms with van der Waals surface area (Å²) in [6.07, 6.45) is -0.459. The molecule has 0 aromatic heterocycles. The average molecular weight is 296 g/mol. The molecule has 0 aliphatic carbocycles. The molecule has 0 amide bonds. The molecule has 0 aliphatic rings. The molecule has 0 saturated carbocycles. The van der Waals surface area contributed by atoms with Gasteiger partial charge in [0.15, 0.2) is 0 Å². The van der Waals surface area contributed by atoms with Crippen molar-refractivity contribution < 1.29 is 40.2 Å². The van der Waals surface area contributed by atoms with E-state index in [4.69, 9.17) is 30.6 Å². The van der Waals surface area contributed by atoms with Crippen LogP contribution in [0.4, 0.5) is 0 Å². The zero-order valence-electron chi connectivity index (χ0n) is 11.7. The maximum Gasteiger partial charge on any atom is 0.306 e. The maximum atomic E-state index is 10.0. The van der Waals surface area contributed by atoms with Gasteiger partial charge in [0.2, 0.25) is 0 Å². The van der Waals surface area contributed by atoms with Crippen LogP contribution in [0.3, 0.4) is 0 Å². The molecule has 0 heterocycles. The summed E-state index contributed by atoms with van der Waals surface area (Å²) in [4.78, 5) is 20.1. The van der Waals surface area contributed by atoms with Crippen molar-refractivity contribution >= 4 is 11.9 Å². The quantitative estimate of drug-likeness (QED) is 0.339. The fourth-order valence-electron chi connectivity index (χ4n) is 1.31. The number of carbonyl (C=O) groups is 2. The molecular formula is C12H24O8. The van der Waals surface area contributed by atoms with Gasteiger partial charge >= 0.3 is 11.9 Å². The molecule has 120 valence electrons. The standard InChI is InChI=1S/2C6H12O4/c2*1-6(10,2-3-7)4-5(8)9/h2*7,10H,2-4H2,1H3,(H,8,9)/t6-;/m1./s1. The summed E-state index contributed by atoms with van der Waals surface area (Å²) in [6, 6.07) is 0. The molecule has 0 aromatic rings. The smallest absolute Gasteiger partial charge is 0.306 e. The molecule has 0 saturated heterocycles. The topological polar surface area (TPSA) is 156 Å². The SMILES string of the molecule is CC(O)(CCO)CC(=O)O.C[C@@](O)(CCO)CC(=O)O. The minimum absolute atomic E-state index is 0.0965. The summed E-state index contributed by atoms with van der Waals surface area (Å²) in [5, 5.41) is 51.5. The van der Waals surface area contributed by atoms with E-state index in [0.717, 1.165) is 0 Å². The first kappa shape index (κ1) is 21.1. The van der Waals surface area contributed by atoms with Gasteiger partial charge in [-0.25, -0.2) is 0 Å². The van der Waals surface area contributed by atoms with Crippen LogP contribution in [0.2, 0.25) is 0 Å². The molecule has 20 heavy (non-hydrogen) atoms. The van der Waals surface area contributed by atoms with Crippen molar-refractivity contribution in [2.24, 2.45) is 0 Å². The van der Waals surface area contributed by atoms with Crippen LogP contribution in [0.1, 0.15) is 39.5 Å². The minimum atomic E-state index is -1.28. The summed E-state index contributed by atoms with van der Waals surface area (Å²) in [5.74, 6) is -2.11. The predicted octanol–water partition coefficient (Wildman–Crippen LogP) is -0.811. The van der Waals surface area contributed by atoms with Crippen molar-refractivity contribution in [2.45, 2.75) is 50.7 Å². The van der Waals surface area contributed by atoms with Gasteiger partial charge in [-0.15, -0.1) is 0 Å². The number of rotatable bonds is 8. The van der Waals surface area contributed by atoms with Crippen LogP contribution in [0.25, 0.3) is 0 Å². The highest BCUT2D eigenvalue weighted by atomic mass is 16.4. The van der Waals surface area contributed by atoms with E-state index in [1.54, 1.807) is 0 Å². The molecule has 8 heteroatoms. The Morgan fingerprint density at radius 2 is 1.05 bits per heavy atom. The second kappa shape index (κ2) is 9.65. The summed E-state index contributed by atoms with van der Waals surface area (Å²) < 4.78 is 0. The Morgan fingerprint density at radius 1 is 0.800 bits per heavy atom. The molecule has 0 rings (SSSR count). The molecule has 0 radical (unpaired) electrons. The molecule has 8 nitrogen and oxygen atoms in total. The van der Waals surface area contributed by atoms with E-state index in [2.05, 4.69) is 0 Å². The Labute approximate surface area is 117 Å². The van der Waals surface area contributed by atoms with Crippen LogP contribution >= 0.6 is 0 Å². The zero-order chi connectivity index (χ0) is 16.4. The van der Waals surface area contributed by atoms with Crippen molar-refractivity contribution in [3.05, 3.63) is 0 Å². The number of carboxylic acids is 2. The lowest BCUT2D eigenvalue weighted by atomic mass is 9.99. The average Bonchev–Trinajstić information content (AvgIpc) is 2.12. The van der Waals surface area contributed by atoms with Crippen LogP contribution in [0.5, 0.6) is 0 Å². The Morgan fingerprint density at radius 3 is 1.20 bits per heavy atom. The lowest BCUT2D eigenvalue weighted by Crippen LogP contribution is -2.28. The third-order valence-electron chi connectivity index (χ3n) is 2.36. The Bertz CT molecular complexity index is 268. The highest BCUT2D eigenvalue weighted by molar-refractivity contribution is 5.68. The van der Waals surface area contributed by atoms with Gasteiger partial charge < -0.3 is 30.6 Å². The molecular weight excluding hydrogens is 272 g/mol. The molecule has 0 aliphatic heterocycles. The van der Waals surface area contributed by atoms with E-state index >= 15 is 0 Å². The van der Waals surface area contributed by atoms with E-state index in [1.807, 2.05) is 0 Å². The van der Waals surface area contributed by atoms with Gasteiger partial charge in [0.05, 0.1) is 24.0 Å². The van der Waals surface area contributed by atoms with Crippen molar-refractivity contribution in [3.63, 3.8) is 0 Å². The summed E-state index contributed by atoms with van der Waals surface area (Å²) in [7, 11) is 0. The Hall–Kier alpha value is -1.22. The van der Waals surface area contributed by atoms with E-state index in [-0.39, 0.29) is 38.9 Å². The third kappa shape index (κ3) is 14.8. The zero-order valence-corrected chi connectivity index (χ0v) is 11.7. The van der Waals surface area contributed by atoms with E-state index < -0.39 is 23.1 Å². The van der Waals surface area contributed by atoms with E-state index in [9.17, 15) is 9.59 Å². The number of aliphatic carboxylic acids is 2. The first-order valence-electron chi connectivity index (χ1n) is 6.06. The van der Waals surface area contributed by atoms with Gasteiger partial charge in [0.1, 0.15) is 0 Å². The van der Waals surface area contributed by atoms with Crippen molar-refractivity contribution in [1.82, 2.24) is 0 Å². The van der Waals surface area contributed by atoms with Gasteiger partial charge in [-0.3, -0.25) is 9.59 Å². The fraction of sp³-hybridized carbons (Fsp3) is 0.833. The molecule has 0 bridgehead atoms. The van der Waals surface area contributed by atoms with Gasteiger partial charge in [0, 0.05) is 13.2 Å². The minimum Gasteiger partial charge on any atom is -0.481 e. The third-order valence-corrected chi connectivity index (χ3v) is 2.36. The van der Waals surface area contributed by atoms with E-state index in [0.29, 0.717) is 0 Å². The highest BCUT2D eigenvalue weighted by Crippen LogP contribution is 2.13. The van der Waals surface area contributed by atoms with Crippen molar-refractivity contribution in [3.8, 4) is 0 Å². The molecule has 6 N–H and O–H groups in total. The van der Waals surface area contributed by atoms with Gasteiger partial charge in [-0.05, 0) is 26.7 Å². The second-order valence-electron chi connectivity index (χ2n) is 5.08. The number of aliphatic hydroxyl groups is 4. The van der Waals surface area contributed by atoms with Gasteiger partial charge in [0.25, 0.3) is 0 Å². The van der Waals surface area contributed by atoms with Crippen LogP contribution in [-0.2, 0) is 9.59 Å². The lowest BCUT2D eigenvalue weighted by Gasteiger charge is -2.18. The van der Waals surface area contributed by atoms with Gasteiger partial charge in [-0.1, -0.05) is 0 Å². The maximum absolute atomic E-state index is 10.0. The highest BCUT2D eigenvalue weighted by Gasteiger charge is 2.23. The van der Waals surface area contributed by atoms with Crippen molar-refractivity contribution in [1.29, 1.82) is 0 Å². The first-order chi connectivity index (χ1) is 8.95. The normalized spacial score (nSPS) is 16.3. The largest absolute Gasteiger partial charge is 0.481 e. The summed E-state index contributed by atoms with van der Waals surface area (Å²) >= 11 is 0. The van der Waals surface area contributed by atoms with Crippen LogP contribution in [-0.4, -0.2) is 67.0 Å². The number of carboxylic acid groups (broad SMARTS) is 2. The lowest BCUT2D eigenvalue weighted by molar-refractivity contribution is -0.143. The summed E-state index contributed by atoms with van der Waals surface area (Å²) in [5.41, 5.74) is -2.55. The monoisotopic (exact) mass is 296 g/mol. The van der Waals surface area contributed by atoms with E-state index in [1.165, 1.54) is 13.8 Å². The van der Waals surface area contributed by atoms with Crippen LogP contribution in [0, 0.1) is 0 Å². The predicted molar refractivity (Wildman–Crippen MR) is 69.2 cm³/mol. The fourth-order valence-corrected chi connectivity index (χ4v) is 1.31. The van der Waals surface area contributed by atoms with Crippen molar-refractivity contribution in [2.75, 3.05) is 13.2 Å². The van der Waals surface area contributed by atoms with Crippen LogP contribution in [0.15, 0.2) is 0 Å². The first-order valence-corrected chi connectivity index (χ1v) is 6.06. The van der Waals surface area contributed by atoms with Gasteiger partial charge in [-0.2, -0.15) is 0 Å². The molecule has 2 atom stereocenters. The molecule has 0 aromatic carbocycles. The number of hydrogen-bond donors (Lipinski definition) is 6. The Balaban J connectivity index is 0. The molecule has 0 spiro atoms. The second-order valence-corrected chi connectivity index (χ2v) is 5.08. The number of aliphatic hydroxyl groups excluding tert-OH is 2.